The number of ketones is 2. The summed E-state index contributed by atoms with van der Waals surface area (Å²) < 4.78 is 5.23. The van der Waals surface area contributed by atoms with Gasteiger partial charge < -0.3 is 10.1 Å². The molecule has 2 rings (SSSR count). The van der Waals surface area contributed by atoms with Crippen LogP contribution in [0.5, 0.6) is 0 Å². The maximum absolute atomic E-state index is 12.5. The molecule has 1 aliphatic rings. The quantitative estimate of drug-likeness (QED) is 0.278. The zero-order valence-electron chi connectivity index (χ0n) is 17.2. The lowest BCUT2D eigenvalue weighted by Gasteiger charge is -2.34. The number of Topliss-reactive ketones (excluding diaryl/α,β-unsaturated/α-hetero) is 2. The molecule has 0 spiro atoms. The fourth-order valence-corrected chi connectivity index (χ4v) is 3.46. The molecule has 0 radical (unpaired) electrons. The van der Waals surface area contributed by atoms with Crippen LogP contribution < -0.4 is 5.32 Å². The summed E-state index contributed by atoms with van der Waals surface area (Å²) in [5.41, 5.74) is 1.23. The van der Waals surface area contributed by atoms with Gasteiger partial charge in [0.1, 0.15) is 0 Å². The third kappa shape index (κ3) is 5.54. The Morgan fingerprint density at radius 2 is 1.64 bits per heavy atom. The number of carbonyl (C=O) groups is 3. The van der Waals surface area contributed by atoms with Crippen LogP contribution in [0.25, 0.3) is 0 Å². The SMILES string of the molecule is CCCCCOC(=O)c1ccc(NC=C2C(=O)CC(CC)(CC)CC2=O)cc1. The van der Waals surface area contributed by atoms with Gasteiger partial charge in [-0.05, 0) is 48.9 Å². The van der Waals surface area contributed by atoms with Crippen molar-refractivity contribution in [3.05, 3.63) is 41.6 Å². The minimum Gasteiger partial charge on any atom is -0.462 e. The average molecular weight is 386 g/mol. The number of nitrogens with one attached hydrogen (secondary N) is 1. The van der Waals surface area contributed by atoms with Crippen LogP contribution in [0.15, 0.2) is 36.0 Å². The molecule has 0 aliphatic heterocycles. The lowest BCUT2D eigenvalue weighted by molar-refractivity contribution is -0.128. The number of carbonyl (C=O) groups excluding carboxylic acids is 3. The Bertz CT molecular complexity index is 707. The number of hydrogen-bond acceptors (Lipinski definition) is 5. The molecule has 152 valence electrons. The number of ether oxygens (including phenoxy) is 1. The number of rotatable bonds is 9. The first-order valence-corrected chi connectivity index (χ1v) is 10.2. The second-order valence-corrected chi connectivity index (χ2v) is 7.53. The molecule has 0 atom stereocenters. The lowest BCUT2D eigenvalue weighted by atomic mass is 9.68. The molecule has 5 nitrogen and oxygen atoms in total. The predicted molar refractivity (Wildman–Crippen MR) is 110 cm³/mol. The maximum Gasteiger partial charge on any atom is 0.338 e. The minimum atomic E-state index is -0.339. The highest BCUT2D eigenvalue weighted by Crippen LogP contribution is 2.40. The molecule has 1 saturated carbocycles. The second kappa shape index (κ2) is 10.2. The summed E-state index contributed by atoms with van der Waals surface area (Å²) in [7, 11) is 0. The van der Waals surface area contributed by atoms with Gasteiger partial charge >= 0.3 is 5.97 Å². The molecule has 0 amide bonds. The van der Waals surface area contributed by atoms with Crippen LogP contribution in [0, 0.1) is 5.41 Å². The third-order valence-electron chi connectivity index (χ3n) is 5.66. The summed E-state index contributed by atoms with van der Waals surface area (Å²) >= 11 is 0. The topological polar surface area (TPSA) is 72.5 Å². The lowest BCUT2D eigenvalue weighted by Crippen LogP contribution is -2.35. The molecular formula is C23H31NO4. The fourth-order valence-electron chi connectivity index (χ4n) is 3.46. The summed E-state index contributed by atoms with van der Waals surface area (Å²) in [6, 6.07) is 6.82. The van der Waals surface area contributed by atoms with E-state index in [-0.39, 0.29) is 28.5 Å². The van der Waals surface area contributed by atoms with Gasteiger partial charge in [-0.15, -0.1) is 0 Å². The molecule has 0 aromatic heterocycles. The van der Waals surface area contributed by atoms with Crippen molar-refractivity contribution in [2.45, 2.75) is 65.7 Å². The zero-order chi connectivity index (χ0) is 20.6. The van der Waals surface area contributed by atoms with Crippen molar-refractivity contribution in [1.82, 2.24) is 0 Å². The standard InChI is InChI=1S/C23H31NO4/c1-4-7-8-13-28-22(27)17-9-11-18(12-10-17)24-16-19-20(25)14-23(5-2,6-3)15-21(19)26/h9-12,16,24H,4-8,13-15H2,1-3H3. The molecule has 1 aromatic rings. The number of benzene rings is 1. The third-order valence-corrected chi connectivity index (χ3v) is 5.66. The number of esters is 1. The van der Waals surface area contributed by atoms with E-state index >= 15 is 0 Å². The van der Waals surface area contributed by atoms with Crippen LogP contribution in [0.2, 0.25) is 0 Å². The Morgan fingerprint density at radius 1 is 1.04 bits per heavy atom. The number of allylic oxidation sites excluding steroid dienone is 1. The highest BCUT2D eigenvalue weighted by Gasteiger charge is 2.39. The smallest absolute Gasteiger partial charge is 0.338 e. The van der Waals surface area contributed by atoms with Gasteiger partial charge in [-0.3, -0.25) is 9.59 Å². The number of hydrogen-bond donors (Lipinski definition) is 1. The van der Waals surface area contributed by atoms with E-state index in [9.17, 15) is 14.4 Å². The van der Waals surface area contributed by atoms with E-state index in [1.807, 2.05) is 13.8 Å². The van der Waals surface area contributed by atoms with Crippen LogP contribution >= 0.6 is 0 Å². The summed E-state index contributed by atoms with van der Waals surface area (Å²) in [6.45, 7) is 6.60. The monoisotopic (exact) mass is 385 g/mol. The van der Waals surface area contributed by atoms with Crippen LogP contribution in [-0.4, -0.2) is 24.1 Å². The zero-order valence-corrected chi connectivity index (χ0v) is 17.2. The predicted octanol–water partition coefficient (Wildman–Crippen LogP) is 5.07. The molecule has 5 heteroatoms. The van der Waals surface area contributed by atoms with E-state index in [1.54, 1.807) is 24.3 Å². The van der Waals surface area contributed by atoms with Crippen molar-refractivity contribution < 1.29 is 19.1 Å². The van der Waals surface area contributed by atoms with E-state index in [0.717, 1.165) is 32.1 Å². The van der Waals surface area contributed by atoms with E-state index in [0.29, 0.717) is 30.7 Å². The van der Waals surface area contributed by atoms with E-state index in [4.69, 9.17) is 4.74 Å². The summed E-state index contributed by atoms with van der Waals surface area (Å²) in [6.07, 6.45) is 6.99. The summed E-state index contributed by atoms with van der Waals surface area (Å²) in [5.74, 6) is -0.534. The number of unbranched alkanes of at least 4 members (excludes halogenated alkanes) is 2. The number of anilines is 1. The Balaban J connectivity index is 1.96. The second-order valence-electron chi connectivity index (χ2n) is 7.53. The van der Waals surface area contributed by atoms with Crippen molar-refractivity contribution in [3.63, 3.8) is 0 Å². The molecule has 0 unspecified atom stereocenters. The van der Waals surface area contributed by atoms with Crippen molar-refractivity contribution in [2.75, 3.05) is 11.9 Å². The van der Waals surface area contributed by atoms with Crippen molar-refractivity contribution in [2.24, 2.45) is 5.41 Å². The van der Waals surface area contributed by atoms with Gasteiger partial charge in [0.25, 0.3) is 0 Å². The van der Waals surface area contributed by atoms with E-state index < -0.39 is 0 Å². The molecule has 1 N–H and O–H groups in total. The molecule has 28 heavy (non-hydrogen) atoms. The van der Waals surface area contributed by atoms with E-state index in [2.05, 4.69) is 12.2 Å². The molecule has 0 saturated heterocycles. The first kappa shape index (κ1) is 21.9. The van der Waals surface area contributed by atoms with E-state index in [1.165, 1.54) is 6.20 Å². The molecular weight excluding hydrogens is 354 g/mol. The first-order chi connectivity index (χ1) is 13.4. The van der Waals surface area contributed by atoms with Crippen LogP contribution in [-0.2, 0) is 14.3 Å². The van der Waals surface area contributed by atoms with Gasteiger partial charge in [0.2, 0.25) is 0 Å². The van der Waals surface area contributed by atoms with Crippen LogP contribution in [0.4, 0.5) is 5.69 Å². The molecule has 1 aliphatic carbocycles. The van der Waals surface area contributed by atoms with Gasteiger partial charge in [-0.25, -0.2) is 4.79 Å². The fraction of sp³-hybridized carbons (Fsp3) is 0.522. The molecule has 0 bridgehead atoms. The summed E-state index contributed by atoms with van der Waals surface area (Å²) in [5, 5.41) is 3.01. The molecule has 1 fully saturated rings. The maximum atomic E-state index is 12.5. The van der Waals surface area contributed by atoms with Crippen molar-refractivity contribution in [3.8, 4) is 0 Å². The highest BCUT2D eigenvalue weighted by molar-refractivity contribution is 6.22. The average Bonchev–Trinajstić information content (AvgIpc) is 2.70. The Kier molecular flexibility index (Phi) is 7.97. The first-order valence-electron chi connectivity index (χ1n) is 10.2. The largest absolute Gasteiger partial charge is 0.462 e. The molecule has 1 aromatic carbocycles. The normalized spacial score (nSPS) is 16.0. The van der Waals surface area contributed by atoms with Gasteiger partial charge in [-0.1, -0.05) is 33.6 Å². The Labute approximate surface area is 167 Å². The van der Waals surface area contributed by atoms with Crippen molar-refractivity contribution in [1.29, 1.82) is 0 Å². The van der Waals surface area contributed by atoms with Gasteiger partial charge in [-0.2, -0.15) is 0 Å². The van der Waals surface area contributed by atoms with Crippen LogP contribution in [0.1, 0.15) is 76.1 Å². The Morgan fingerprint density at radius 3 is 2.18 bits per heavy atom. The van der Waals surface area contributed by atoms with Gasteiger partial charge in [0.05, 0.1) is 17.7 Å². The van der Waals surface area contributed by atoms with Crippen molar-refractivity contribution >= 4 is 23.2 Å². The minimum absolute atomic E-state index is 0.0975. The summed E-state index contributed by atoms with van der Waals surface area (Å²) in [4.78, 5) is 36.9. The Hall–Kier alpha value is -2.43. The highest BCUT2D eigenvalue weighted by atomic mass is 16.5. The van der Waals surface area contributed by atoms with Gasteiger partial charge in [0, 0.05) is 24.7 Å². The molecule has 0 heterocycles. The van der Waals surface area contributed by atoms with Crippen LogP contribution in [0.3, 0.4) is 0 Å². The van der Waals surface area contributed by atoms with Gasteiger partial charge in [0.15, 0.2) is 11.6 Å².